The summed E-state index contributed by atoms with van der Waals surface area (Å²) in [5, 5.41) is -0.224. The molecule has 1 amide bonds. The Morgan fingerprint density at radius 1 is 1.71 bits per heavy atom. The minimum absolute atomic E-state index is 0.224. The van der Waals surface area contributed by atoms with Crippen LogP contribution in [0.1, 0.15) is 13.8 Å². The van der Waals surface area contributed by atoms with Crippen molar-refractivity contribution in [3.8, 4) is 0 Å². The maximum absolute atomic E-state index is 11.9. The lowest BCUT2D eigenvalue weighted by atomic mass is 9.98. The quantitative estimate of drug-likeness (QED) is 0.278. The van der Waals surface area contributed by atoms with Crippen LogP contribution in [0.5, 0.6) is 0 Å². The highest BCUT2D eigenvalue weighted by Crippen LogP contribution is 2.59. The number of esters is 1. The van der Waals surface area contributed by atoms with E-state index in [-0.39, 0.29) is 21.9 Å². The molecule has 2 aliphatic rings. The summed E-state index contributed by atoms with van der Waals surface area (Å²) in [5.74, 6) is -0.634. The van der Waals surface area contributed by atoms with Gasteiger partial charge in [0.25, 0.3) is 5.91 Å². The van der Waals surface area contributed by atoms with Crippen LogP contribution in [0, 0.1) is 0 Å². The third-order valence-corrected chi connectivity index (χ3v) is 6.37. The van der Waals surface area contributed by atoms with Crippen LogP contribution in [0.25, 0.3) is 0 Å². The largest absolute Gasteiger partial charge is 0.453 e. The predicted molar refractivity (Wildman–Crippen MR) is 78.6 cm³/mol. The van der Waals surface area contributed by atoms with Gasteiger partial charge in [-0.15, -0.1) is 11.8 Å². The number of β-lactam (4-membered cyclic amide) rings is 1. The number of hydrogen-bond donors (Lipinski definition) is 0. The molecule has 0 aromatic carbocycles. The molecule has 0 N–H and O–H groups in total. The summed E-state index contributed by atoms with van der Waals surface area (Å²) < 4.78 is 3.82. The molecule has 2 heterocycles. The Morgan fingerprint density at radius 2 is 2.29 bits per heavy atom. The van der Waals surface area contributed by atoms with Gasteiger partial charge in [-0.25, -0.2) is 4.79 Å². The van der Waals surface area contributed by atoms with Crippen LogP contribution in [0.15, 0.2) is 0 Å². The van der Waals surface area contributed by atoms with E-state index in [0.29, 0.717) is 0 Å². The Bertz CT molecular complexity index is 392. The number of nitrogens with zero attached hydrogens (tertiary/aromatic N) is 1. The third kappa shape index (κ3) is 2.01. The molecule has 0 spiro atoms. The van der Waals surface area contributed by atoms with E-state index in [0.717, 1.165) is 0 Å². The lowest BCUT2D eigenvalue weighted by Crippen LogP contribution is -2.68. The third-order valence-electron chi connectivity index (χ3n) is 2.85. The monoisotopic (exact) mass is 453 g/mol. The summed E-state index contributed by atoms with van der Waals surface area (Å²) >= 11 is 12.8. The van der Waals surface area contributed by atoms with E-state index in [1.807, 2.05) is 36.4 Å². The number of ether oxygens (including phenoxy) is 1. The topological polar surface area (TPSA) is 46.6 Å². The summed E-state index contributed by atoms with van der Waals surface area (Å²) in [5.41, 5.74) is 0. The molecule has 2 saturated heterocycles. The van der Waals surface area contributed by atoms with Gasteiger partial charge in [0.15, 0.2) is 0 Å². The fourth-order valence-corrected chi connectivity index (χ4v) is 4.94. The average molecular weight is 455 g/mol. The first-order chi connectivity index (χ1) is 7.73. The second kappa shape index (κ2) is 4.42. The molecule has 2 aliphatic heterocycles. The van der Waals surface area contributed by atoms with Crippen LogP contribution in [-0.2, 0) is 14.3 Å². The molecule has 0 bridgehead atoms. The summed E-state index contributed by atoms with van der Waals surface area (Å²) in [6.07, 6.45) is 0. The normalized spacial score (nSPS) is 38.6. The number of amides is 1. The van der Waals surface area contributed by atoms with E-state index in [2.05, 4.69) is 15.9 Å². The van der Waals surface area contributed by atoms with Gasteiger partial charge >= 0.3 is 5.97 Å². The molecule has 2 rings (SSSR count). The first kappa shape index (κ1) is 14.2. The molecular weight excluding hydrogens is 444 g/mol. The fraction of sp³-hybridized carbons (Fsp3) is 0.778. The van der Waals surface area contributed by atoms with Gasteiger partial charge in [-0.3, -0.25) is 4.79 Å². The maximum atomic E-state index is 11.9. The smallest absolute Gasteiger partial charge is 0.331 e. The molecule has 0 aliphatic carbocycles. The van der Waals surface area contributed by atoms with E-state index in [1.165, 1.54) is 16.7 Å². The van der Waals surface area contributed by atoms with Gasteiger partial charge in [-0.1, -0.05) is 27.5 Å². The minimum atomic E-state index is -1.08. The molecule has 3 atom stereocenters. The Labute approximate surface area is 130 Å². The lowest BCUT2D eigenvalue weighted by Gasteiger charge is -2.46. The number of halogens is 3. The zero-order valence-corrected chi connectivity index (χ0v) is 14.4. The Morgan fingerprint density at radius 3 is 2.82 bits per heavy atom. The van der Waals surface area contributed by atoms with Gasteiger partial charge in [0.1, 0.15) is 16.0 Å². The molecule has 96 valence electrons. The number of thioether (sulfide) groups is 1. The molecule has 17 heavy (non-hydrogen) atoms. The molecule has 0 saturated carbocycles. The predicted octanol–water partition coefficient (Wildman–Crippen LogP) is 2.31. The van der Waals surface area contributed by atoms with Crippen molar-refractivity contribution >= 4 is 73.8 Å². The van der Waals surface area contributed by atoms with Crippen molar-refractivity contribution in [2.45, 2.75) is 33.8 Å². The van der Waals surface area contributed by atoms with Crippen molar-refractivity contribution in [3.63, 3.8) is 0 Å². The van der Waals surface area contributed by atoms with Crippen molar-refractivity contribution < 1.29 is 14.3 Å². The second-order valence-corrected chi connectivity index (χ2v) is 9.04. The number of fused-ring (bicyclic) bond motifs is 1. The summed E-state index contributed by atoms with van der Waals surface area (Å²) in [6.45, 7) is 3.84. The van der Waals surface area contributed by atoms with Crippen molar-refractivity contribution in [2.75, 3.05) is 4.61 Å². The molecule has 0 radical (unpaired) electrons. The molecular formula is C9H10BrClINO3S. The molecule has 0 aromatic rings. The average Bonchev–Trinajstić information content (AvgIpc) is 2.48. The van der Waals surface area contributed by atoms with E-state index >= 15 is 0 Å². The second-order valence-electron chi connectivity index (χ2n) is 4.38. The van der Waals surface area contributed by atoms with Crippen molar-refractivity contribution in [2.24, 2.45) is 0 Å². The maximum Gasteiger partial charge on any atom is 0.331 e. The molecule has 4 nitrogen and oxygen atoms in total. The van der Waals surface area contributed by atoms with Crippen LogP contribution in [0.4, 0.5) is 0 Å². The van der Waals surface area contributed by atoms with E-state index in [1.54, 1.807) is 0 Å². The van der Waals surface area contributed by atoms with Crippen molar-refractivity contribution in [1.82, 2.24) is 4.90 Å². The highest BCUT2D eigenvalue weighted by Gasteiger charge is 2.70. The van der Waals surface area contributed by atoms with Crippen LogP contribution in [0.3, 0.4) is 0 Å². The number of carbonyl (C=O) groups is 2. The van der Waals surface area contributed by atoms with Gasteiger partial charge in [-0.05, 0) is 36.4 Å². The zero-order valence-electron chi connectivity index (χ0n) is 9.08. The van der Waals surface area contributed by atoms with Crippen molar-refractivity contribution in [3.05, 3.63) is 0 Å². The van der Waals surface area contributed by atoms with E-state index in [4.69, 9.17) is 16.3 Å². The van der Waals surface area contributed by atoms with Crippen molar-refractivity contribution in [1.29, 1.82) is 0 Å². The van der Waals surface area contributed by atoms with E-state index in [9.17, 15) is 9.59 Å². The summed E-state index contributed by atoms with van der Waals surface area (Å²) in [7, 11) is 0. The molecule has 2 fully saturated rings. The standard InChI is InChI=1S/C9H10BrClINO3S/c1-8(2)4(5(14)16-3-12)13-6(15)9(10,11)7(13)17-8/h4,7H,3H2,1-2H3/t4-,7+,9+/m0/s1. The number of hydrogen-bond acceptors (Lipinski definition) is 4. The fourth-order valence-electron chi connectivity index (χ4n) is 2.09. The van der Waals surface area contributed by atoms with Crippen LogP contribution < -0.4 is 0 Å². The number of carbonyl (C=O) groups excluding carboxylic acids is 2. The number of rotatable bonds is 2. The van der Waals surface area contributed by atoms with Gasteiger partial charge < -0.3 is 9.64 Å². The SMILES string of the molecule is CC1(C)S[C@H]2N(C(=O)[C@]2(Cl)Br)[C@H]1C(=O)OCI. The Balaban J connectivity index is 2.28. The summed E-state index contributed by atoms with van der Waals surface area (Å²) in [4.78, 5) is 25.3. The first-order valence-electron chi connectivity index (χ1n) is 4.84. The molecule has 0 unspecified atom stereocenters. The minimum Gasteiger partial charge on any atom is -0.453 e. The highest BCUT2D eigenvalue weighted by molar-refractivity contribution is 14.1. The Kier molecular flexibility index (Phi) is 3.69. The Hall–Kier alpha value is 0.790. The van der Waals surface area contributed by atoms with Gasteiger partial charge in [-0.2, -0.15) is 0 Å². The lowest BCUT2D eigenvalue weighted by molar-refractivity contribution is -0.160. The molecule has 8 heteroatoms. The zero-order chi connectivity index (χ0) is 13.0. The van der Waals surface area contributed by atoms with Gasteiger partial charge in [0.2, 0.25) is 3.78 Å². The highest BCUT2D eigenvalue weighted by atomic mass is 127. The van der Waals surface area contributed by atoms with Crippen LogP contribution in [-0.4, -0.2) is 41.3 Å². The van der Waals surface area contributed by atoms with Gasteiger partial charge in [0.05, 0.1) is 0 Å². The molecule has 0 aromatic heterocycles. The van der Waals surface area contributed by atoms with Crippen LogP contribution >= 0.6 is 61.9 Å². The summed E-state index contributed by atoms with van der Waals surface area (Å²) in [6, 6.07) is -0.566. The first-order valence-corrected chi connectivity index (χ1v) is 8.42. The van der Waals surface area contributed by atoms with Gasteiger partial charge in [0, 0.05) is 4.75 Å². The van der Waals surface area contributed by atoms with Crippen LogP contribution in [0.2, 0.25) is 0 Å². The van der Waals surface area contributed by atoms with E-state index < -0.39 is 14.6 Å². The number of alkyl halides is 3.